The van der Waals surface area contributed by atoms with Crippen LogP contribution in [0.2, 0.25) is 0 Å². The molecule has 3 fully saturated rings. The molecule has 4 atom stereocenters. The van der Waals surface area contributed by atoms with Gasteiger partial charge in [-0.2, -0.15) is 5.06 Å². The molecule has 3 aliphatic heterocycles. The number of fused-ring (bicyclic) bond motifs is 1. The summed E-state index contributed by atoms with van der Waals surface area (Å²) >= 11 is 0. The van der Waals surface area contributed by atoms with E-state index in [1.165, 1.54) is 5.06 Å². The van der Waals surface area contributed by atoms with Crippen molar-refractivity contribution in [2.75, 3.05) is 0 Å². The van der Waals surface area contributed by atoms with Crippen molar-refractivity contribution < 1.29 is 34.1 Å². The van der Waals surface area contributed by atoms with Crippen LogP contribution in [-0.2, 0) is 14.2 Å². The van der Waals surface area contributed by atoms with E-state index in [1.54, 1.807) is 24.3 Å². The molecule has 10 nitrogen and oxygen atoms in total. The van der Waals surface area contributed by atoms with Gasteiger partial charge in [-0.3, -0.25) is 0 Å². The summed E-state index contributed by atoms with van der Waals surface area (Å²) in [6.45, 7) is 25.1. The predicted octanol–water partition coefficient (Wildman–Crippen LogP) is 8.36. The van der Waals surface area contributed by atoms with Crippen molar-refractivity contribution in [3.8, 4) is 0 Å². The molecule has 53 heavy (non-hydrogen) atoms. The van der Waals surface area contributed by atoms with E-state index in [4.69, 9.17) is 14.2 Å². The van der Waals surface area contributed by atoms with Gasteiger partial charge in [-0.15, -0.1) is 0 Å². The maximum atomic E-state index is 14.3. The Morgan fingerprint density at radius 2 is 1.21 bits per heavy atom. The zero-order valence-corrected chi connectivity index (χ0v) is 34.4. The first-order chi connectivity index (χ1) is 24.3. The fourth-order valence-electron chi connectivity index (χ4n) is 9.46. The van der Waals surface area contributed by atoms with E-state index in [0.29, 0.717) is 48.4 Å². The van der Waals surface area contributed by atoms with Crippen LogP contribution in [0.4, 0.5) is 0 Å². The van der Waals surface area contributed by atoms with Crippen molar-refractivity contribution in [2.24, 2.45) is 0 Å². The molecule has 3 saturated heterocycles. The third-order valence-electron chi connectivity index (χ3n) is 11.6. The number of aliphatic hydroxyl groups excluding tert-OH is 1. The molecule has 0 amide bonds. The summed E-state index contributed by atoms with van der Waals surface area (Å²) < 4.78 is 18.7. The second-order valence-electron chi connectivity index (χ2n) is 20.1. The van der Waals surface area contributed by atoms with Crippen LogP contribution >= 0.6 is 0 Å². The van der Waals surface area contributed by atoms with Gasteiger partial charge < -0.3 is 35.2 Å². The molecule has 0 radical (unpaired) electrons. The summed E-state index contributed by atoms with van der Waals surface area (Å²) in [5, 5.41) is 32.4. The highest BCUT2D eigenvalue weighted by atomic mass is 16.6. The predicted molar refractivity (Wildman–Crippen MR) is 208 cm³/mol. The number of nitrogens with zero attached hydrogens (tertiary/aromatic N) is 1. The number of rotatable bonds is 7. The molecule has 0 aromatic heterocycles. The van der Waals surface area contributed by atoms with E-state index < -0.39 is 35.4 Å². The molecule has 5 rings (SSSR count). The minimum atomic E-state index is -1.21. The zero-order valence-electron chi connectivity index (χ0n) is 34.4. The minimum Gasteiger partial charge on any atom is -0.459 e. The maximum Gasteiger partial charge on any atom is 0.339 e. The number of carbonyl (C=O) groups excluding carboxylic acids is 2. The van der Waals surface area contributed by atoms with E-state index in [1.807, 2.05) is 33.8 Å². The lowest BCUT2D eigenvalue weighted by atomic mass is 9.95. The van der Waals surface area contributed by atoms with E-state index in [0.717, 1.165) is 25.7 Å². The molecule has 2 aromatic rings. The Labute approximate surface area is 317 Å². The van der Waals surface area contributed by atoms with Crippen molar-refractivity contribution in [1.29, 1.82) is 0 Å². The van der Waals surface area contributed by atoms with Gasteiger partial charge in [0, 0.05) is 51.6 Å². The monoisotopic (exact) mass is 737 g/mol. The largest absolute Gasteiger partial charge is 0.459 e. The maximum absolute atomic E-state index is 14.3. The van der Waals surface area contributed by atoms with Crippen molar-refractivity contribution in [3.05, 3.63) is 47.0 Å². The summed E-state index contributed by atoms with van der Waals surface area (Å²) in [6.07, 6.45) is 4.17. The van der Waals surface area contributed by atoms with Gasteiger partial charge in [-0.25, -0.2) is 9.59 Å². The van der Waals surface area contributed by atoms with E-state index in [-0.39, 0.29) is 45.5 Å². The molecule has 0 spiro atoms. The highest BCUT2D eigenvalue weighted by Gasteiger charge is 2.43. The second-order valence-corrected chi connectivity index (χ2v) is 20.1. The van der Waals surface area contributed by atoms with Crippen molar-refractivity contribution in [3.63, 3.8) is 0 Å². The Hall–Kier alpha value is -2.60. The molecule has 0 saturated carbocycles. The lowest BCUT2D eigenvalue weighted by Gasteiger charge is -2.42. The van der Waals surface area contributed by atoms with Gasteiger partial charge in [0.05, 0.1) is 17.2 Å². The first-order valence-corrected chi connectivity index (χ1v) is 19.7. The number of aliphatic hydroxyl groups is 1. The molecule has 296 valence electrons. The highest BCUT2D eigenvalue weighted by molar-refractivity contribution is 6.08. The summed E-state index contributed by atoms with van der Waals surface area (Å²) in [4.78, 5) is 28.1. The van der Waals surface area contributed by atoms with E-state index in [9.17, 15) is 19.9 Å². The van der Waals surface area contributed by atoms with Crippen LogP contribution in [0.1, 0.15) is 173 Å². The number of hydrogen-bond acceptors (Lipinski definition) is 10. The normalized spacial score (nSPS) is 28.5. The number of benzene rings is 2. The van der Waals surface area contributed by atoms with Gasteiger partial charge in [-0.05, 0) is 157 Å². The number of carbonyl (C=O) groups is 2. The van der Waals surface area contributed by atoms with Gasteiger partial charge in [-0.1, -0.05) is 12.1 Å². The van der Waals surface area contributed by atoms with Crippen LogP contribution in [0.25, 0.3) is 10.8 Å². The Morgan fingerprint density at radius 1 is 0.679 bits per heavy atom. The number of hydrogen-bond donors (Lipinski definition) is 4. The SMILES string of the molecule is CC1(C)CCC(OC(=O)c2cc(C(=O)OC3CCC(C)(C)N(O)C(C)(C)C3)cc3ccc(C(O)OC4CCC(C)(C)NC(C)(C)C4)cc23)CC(C)(C)N1. The Bertz CT molecular complexity index is 1660. The van der Waals surface area contributed by atoms with Gasteiger partial charge in [0.15, 0.2) is 6.29 Å². The highest BCUT2D eigenvalue weighted by Crippen LogP contribution is 2.38. The fourth-order valence-corrected chi connectivity index (χ4v) is 9.46. The molecular formula is C43H67N3O7. The fraction of sp³-hybridized carbons (Fsp3) is 0.721. The lowest BCUT2D eigenvalue weighted by Crippen LogP contribution is -2.52. The number of nitrogens with one attached hydrogen (secondary N) is 2. The molecule has 3 aliphatic rings. The zero-order chi connectivity index (χ0) is 39.4. The molecule has 0 aliphatic carbocycles. The van der Waals surface area contributed by atoms with Crippen LogP contribution in [0.15, 0.2) is 30.3 Å². The second kappa shape index (κ2) is 14.8. The molecule has 0 bridgehead atoms. The van der Waals surface area contributed by atoms with Gasteiger partial charge in [0.2, 0.25) is 0 Å². The van der Waals surface area contributed by atoms with Crippen LogP contribution in [-0.4, -0.2) is 78.9 Å². The summed E-state index contributed by atoms with van der Waals surface area (Å²) in [7, 11) is 0. The van der Waals surface area contributed by atoms with Crippen LogP contribution < -0.4 is 10.6 Å². The van der Waals surface area contributed by atoms with E-state index in [2.05, 4.69) is 66.0 Å². The first-order valence-electron chi connectivity index (χ1n) is 19.7. The van der Waals surface area contributed by atoms with Crippen LogP contribution in [0.5, 0.6) is 0 Å². The van der Waals surface area contributed by atoms with Gasteiger partial charge in [0.1, 0.15) is 12.2 Å². The third kappa shape index (κ3) is 10.4. The molecule has 3 heterocycles. The summed E-state index contributed by atoms with van der Waals surface area (Å²) in [5.74, 6) is -1.06. The molecular weight excluding hydrogens is 670 g/mol. The average Bonchev–Trinajstić information content (AvgIpc) is 3.24. The lowest BCUT2D eigenvalue weighted by molar-refractivity contribution is -0.222. The van der Waals surface area contributed by atoms with Crippen LogP contribution in [0, 0.1) is 0 Å². The Kier molecular flexibility index (Phi) is 11.6. The van der Waals surface area contributed by atoms with E-state index >= 15 is 0 Å². The quantitative estimate of drug-likeness (QED) is 0.163. The molecule has 10 heteroatoms. The van der Waals surface area contributed by atoms with Crippen molar-refractivity contribution in [2.45, 2.75) is 199 Å². The summed E-state index contributed by atoms with van der Waals surface area (Å²) in [6, 6.07) is 8.69. The summed E-state index contributed by atoms with van der Waals surface area (Å²) in [5.41, 5.74) is -0.675. The molecule has 4 N–H and O–H groups in total. The number of esters is 2. The minimum absolute atomic E-state index is 0.0514. The average molecular weight is 738 g/mol. The molecule has 2 aromatic carbocycles. The smallest absolute Gasteiger partial charge is 0.339 e. The third-order valence-corrected chi connectivity index (χ3v) is 11.6. The van der Waals surface area contributed by atoms with Gasteiger partial charge >= 0.3 is 11.9 Å². The van der Waals surface area contributed by atoms with Gasteiger partial charge in [0.25, 0.3) is 0 Å². The standard InChI is InChI=1S/C43H67N3O7/c1-38(2)18-15-30(24-40(5,6)44-38)51-35(47)28-14-13-27-21-29(36(48)52-32-17-20-42(9,10)46(50)43(11,12)26-32)23-34(33(27)22-28)37(49)53-31-16-19-39(3,4)45-41(7,8)25-31/h13-14,21-23,30-32,35,44-45,47,50H,15-20,24-26H2,1-12H3. The number of hydroxylamine groups is 2. The molecule has 4 unspecified atom stereocenters. The van der Waals surface area contributed by atoms with Crippen LogP contribution in [0.3, 0.4) is 0 Å². The van der Waals surface area contributed by atoms with Crippen molar-refractivity contribution in [1.82, 2.24) is 15.7 Å². The Morgan fingerprint density at radius 3 is 1.83 bits per heavy atom. The number of ether oxygens (including phenoxy) is 3. The van der Waals surface area contributed by atoms with Crippen molar-refractivity contribution >= 4 is 22.7 Å². The first kappa shape index (κ1) is 41.6. The Balaban J connectivity index is 1.46. The topological polar surface area (TPSA) is 130 Å².